The molecule has 0 bridgehead atoms. The van der Waals surface area contributed by atoms with Crippen molar-refractivity contribution in [2.24, 2.45) is 4.99 Å². The molecule has 0 atom stereocenters. The van der Waals surface area contributed by atoms with E-state index in [4.69, 9.17) is 0 Å². The minimum Gasteiger partial charge on any atom is -0.357 e. The van der Waals surface area contributed by atoms with E-state index in [9.17, 15) is 0 Å². The molecule has 0 radical (unpaired) electrons. The molecular formula is C23H35N5S. The van der Waals surface area contributed by atoms with E-state index in [-0.39, 0.29) is 0 Å². The number of guanidine groups is 1. The molecule has 1 aliphatic rings. The predicted molar refractivity (Wildman–Crippen MR) is 125 cm³/mol. The number of aliphatic imine (C=N–C) groups is 1. The van der Waals surface area contributed by atoms with Crippen LogP contribution in [0.2, 0.25) is 0 Å². The van der Waals surface area contributed by atoms with Gasteiger partial charge in [0.25, 0.3) is 0 Å². The number of hydrogen-bond donors (Lipinski definition) is 2. The summed E-state index contributed by atoms with van der Waals surface area (Å²) in [6.07, 6.45) is 2.41. The lowest BCUT2D eigenvalue weighted by atomic mass is 10.2. The Bertz CT molecular complexity index is 693. The van der Waals surface area contributed by atoms with Crippen molar-refractivity contribution >= 4 is 17.3 Å². The summed E-state index contributed by atoms with van der Waals surface area (Å²) in [5.41, 5.74) is 1.42. The number of benzene rings is 1. The first kappa shape index (κ1) is 21.8. The molecular weight excluding hydrogens is 378 g/mol. The maximum Gasteiger partial charge on any atom is 0.191 e. The zero-order chi connectivity index (χ0) is 20.2. The van der Waals surface area contributed by atoms with Gasteiger partial charge in [-0.3, -0.25) is 4.90 Å². The van der Waals surface area contributed by atoms with Crippen molar-refractivity contribution < 1.29 is 0 Å². The lowest BCUT2D eigenvalue weighted by Crippen LogP contribution is -2.46. The Morgan fingerprint density at radius 1 is 0.966 bits per heavy atom. The fourth-order valence-corrected chi connectivity index (χ4v) is 4.21. The molecule has 1 saturated heterocycles. The Kier molecular flexibility index (Phi) is 9.50. The SMILES string of the molecule is CCNC(=NCc1cccs1)NCCCCN1CCN(Cc2ccccc2)CC1. The van der Waals surface area contributed by atoms with Gasteiger partial charge in [-0.05, 0) is 43.3 Å². The molecule has 3 rings (SSSR count). The summed E-state index contributed by atoms with van der Waals surface area (Å²) in [6.45, 7) is 11.7. The summed E-state index contributed by atoms with van der Waals surface area (Å²) in [6, 6.07) is 15.0. The van der Waals surface area contributed by atoms with Gasteiger partial charge >= 0.3 is 0 Å². The van der Waals surface area contributed by atoms with Crippen LogP contribution in [-0.2, 0) is 13.1 Å². The molecule has 1 aromatic heterocycles. The van der Waals surface area contributed by atoms with Gasteiger partial charge in [0.05, 0.1) is 6.54 Å². The molecule has 0 amide bonds. The highest BCUT2D eigenvalue weighted by atomic mass is 32.1. The first-order chi connectivity index (χ1) is 14.3. The van der Waals surface area contributed by atoms with E-state index in [2.05, 4.69) is 80.2 Å². The van der Waals surface area contributed by atoms with Gasteiger partial charge in [-0.15, -0.1) is 11.3 Å². The highest BCUT2D eigenvalue weighted by Crippen LogP contribution is 2.10. The van der Waals surface area contributed by atoms with Crippen LogP contribution in [0.25, 0.3) is 0 Å². The highest BCUT2D eigenvalue weighted by Gasteiger charge is 2.16. The van der Waals surface area contributed by atoms with Gasteiger partial charge < -0.3 is 15.5 Å². The van der Waals surface area contributed by atoms with Crippen molar-refractivity contribution in [1.29, 1.82) is 0 Å². The Balaban J connectivity index is 1.27. The molecule has 1 aromatic carbocycles. The zero-order valence-corrected chi connectivity index (χ0v) is 18.5. The molecule has 1 fully saturated rings. The molecule has 1 aliphatic heterocycles. The average Bonchev–Trinajstić information content (AvgIpc) is 3.27. The number of unbranched alkanes of at least 4 members (excludes halogenated alkanes) is 1. The number of nitrogens with zero attached hydrogens (tertiary/aromatic N) is 3. The second-order valence-electron chi connectivity index (χ2n) is 7.51. The van der Waals surface area contributed by atoms with Gasteiger partial charge in [0, 0.05) is 50.7 Å². The molecule has 2 N–H and O–H groups in total. The molecule has 0 aliphatic carbocycles. The van der Waals surface area contributed by atoms with E-state index < -0.39 is 0 Å². The van der Waals surface area contributed by atoms with Gasteiger partial charge in [-0.1, -0.05) is 36.4 Å². The Labute approximate surface area is 179 Å². The molecule has 2 heterocycles. The average molecular weight is 414 g/mol. The van der Waals surface area contributed by atoms with Gasteiger partial charge in [-0.25, -0.2) is 4.99 Å². The van der Waals surface area contributed by atoms with Crippen molar-refractivity contribution in [3.63, 3.8) is 0 Å². The first-order valence-electron chi connectivity index (χ1n) is 10.9. The van der Waals surface area contributed by atoms with Gasteiger partial charge in [0.2, 0.25) is 0 Å². The maximum atomic E-state index is 4.68. The Morgan fingerprint density at radius 3 is 2.48 bits per heavy atom. The topological polar surface area (TPSA) is 42.9 Å². The summed E-state index contributed by atoms with van der Waals surface area (Å²) in [5.74, 6) is 0.926. The number of thiophene rings is 1. The van der Waals surface area contributed by atoms with Crippen LogP contribution in [0.4, 0.5) is 0 Å². The van der Waals surface area contributed by atoms with Crippen LogP contribution in [0.15, 0.2) is 52.8 Å². The normalized spacial score (nSPS) is 16.1. The minimum atomic E-state index is 0.750. The second kappa shape index (κ2) is 12.6. The van der Waals surface area contributed by atoms with E-state index in [0.717, 1.165) is 32.1 Å². The predicted octanol–water partition coefficient (Wildman–Crippen LogP) is 3.40. The van der Waals surface area contributed by atoms with E-state index in [1.54, 1.807) is 11.3 Å². The summed E-state index contributed by atoms with van der Waals surface area (Å²) in [4.78, 5) is 11.2. The van der Waals surface area contributed by atoms with Crippen LogP contribution in [0.5, 0.6) is 0 Å². The number of rotatable bonds is 10. The Hall–Kier alpha value is -1.89. The van der Waals surface area contributed by atoms with E-state index in [1.807, 2.05) is 0 Å². The lowest BCUT2D eigenvalue weighted by molar-refractivity contribution is 0.126. The van der Waals surface area contributed by atoms with Crippen molar-refractivity contribution in [1.82, 2.24) is 20.4 Å². The molecule has 29 heavy (non-hydrogen) atoms. The van der Waals surface area contributed by atoms with Crippen LogP contribution in [-0.4, -0.2) is 61.6 Å². The summed E-state index contributed by atoms with van der Waals surface area (Å²) in [7, 11) is 0. The molecule has 5 nitrogen and oxygen atoms in total. The molecule has 2 aromatic rings. The monoisotopic (exact) mass is 413 g/mol. The van der Waals surface area contributed by atoms with Crippen LogP contribution in [0, 0.1) is 0 Å². The van der Waals surface area contributed by atoms with Crippen molar-refractivity contribution in [2.75, 3.05) is 45.8 Å². The maximum absolute atomic E-state index is 4.68. The number of hydrogen-bond acceptors (Lipinski definition) is 4. The third-order valence-electron chi connectivity index (χ3n) is 5.22. The Morgan fingerprint density at radius 2 is 1.76 bits per heavy atom. The van der Waals surface area contributed by atoms with Crippen LogP contribution in [0.3, 0.4) is 0 Å². The smallest absolute Gasteiger partial charge is 0.191 e. The summed E-state index contributed by atoms with van der Waals surface area (Å²) >= 11 is 1.76. The third kappa shape index (κ3) is 8.17. The fraction of sp³-hybridized carbons (Fsp3) is 0.522. The van der Waals surface area contributed by atoms with Crippen LogP contribution in [0.1, 0.15) is 30.2 Å². The third-order valence-corrected chi connectivity index (χ3v) is 6.09. The van der Waals surface area contributed by atoms with Crippen molar-refractivity contribution in [3.05, 3.63) is 58.3 Å². The summed E-state index contributed by atoms with van der Waals surface area (Å²) < 4.78 is 0. The fourth-order valence-electron chi connectivity index (χ4n) is 3.58. The number of nitrogens with one attached hydrogen (secondary N) is 2. The standard InChI is InChI=1S/C23H35N5S/c1-2-24-23(26-19-22-11-8-18-29-22)25-12-6-7-13-27-14-16-28(17-15-27)20-21-9-4-3-5-10-21/h3-5,8-11,18H,2,6-7,12-17,19-20H2,1H3,(H2,24,25,26). The minimum absolute atomic E-state index is 0.750. The zero-order valence-electron chi connectivity index (χ0n) is 17.6. The molecule has 0 spiro atoms. The molecule has 158 valence electrons. The van der Waals surface area contributed by atoms with Crippen molar-refractivity contribution in [3.8, 4) is 0 Å². The molecule has 0 unspecified atom stereocenters. The summed E-state index contributed by atoms with van der Waals surface area (Å²) in [5, 5.41) is 8.91. The van der Waals surface area contributed by atoms with Crippen molar-refractivity contribution in [2.45, 2.75) is 32.9 Å². The van der Waals surface area contributed by atoms with Gasteiger partial charge in [0.1, 0.15) is 0 Å². The largest absolute Gasteiger partial charge is 0.357 e. The van der Waals surface area contributed by atoms with Crippen LogP contribution >= 0.6 is 11.3 Å². The highest BCUT2D eigenvalue weighted by molar-refractivity contribution is 7.09. The molecule has 0 saturated carbocycles. The molecule has 6 heteroatoms. The van der Waals surface area contributed by atoms with Gasteiger partial charge in [-0.2, -0.15) is 0 Å². The second-order valence-corrected chi connectivity index (χ2v) is 8.54. The lowest BCUT2D eigenvalue weighted by Gasteiger charge is -2.34. The van der Waals surface area contributed by atoms with Crippen LogP contribution < -0.4 is 10.6 Å². The van der Waals surface area contributed by atoms with E-state index in [1.165, 1.54) is 56.0 Å². The number of piperazine rings is 1. The van der Waals surface area contributed by atoms with E-state index in [0.29, 0.717) is 0 Å². The van der Waals surface area contributed by atoms with E-state index >= 15 is 0 Å². The van der Waals surface area contributed by atoms with Gasteiger partial charge in [0.15, 0.2) is 5.96 Å². The first-order valence-corrected chi connectivity index (χ1v) is 11.7. The quantitative estimate of drug-likeness (QED) is 0.356.